The zero-order chi connectivity index (χ0) is 16.2. The van der Waals surface area contributed by atoms with E-state index in [1.54, 1.807) is 6.92 Å². The molecule has 2 heterocycles. The Hall–Kier alpha value is -1.70. The summed E-state index contributed by atoms with van der Waals surface area (Å²) in [5, 5.41) is 11.7. The summed E-state index contributed by atoms with van der Waals surface area (Å²) in [6.45, 7) is 10.7. The molecule has 0 aliphatic carbocycles. The van der Waals surface area contributed by atoms with Gasteiger partial charge >= 0.3 is 6.16 Å². The zero-order valence-corrected chi connectivity index (χ0v) is 13.8. The molecule has 0 saturated carbocycles. The Balaban J connectivity index is 1.92. The number of likely N-dealkylation sites (tertiary alicyclic amines) is 1. The maximum atomic E-state index is 11.2. The van der Waals surface area contributed by atoms with Crippen LogP contribution in [0.3, 0.4) is 0 Å². The number of aromatic nitrogens is 4. The lowest BCUT2D eigenvalue weighted by molar-refractivity contribution is 0.0309. The van der Waals surface area contributed by atoms with Crippen LogP contribution in [0.1, 0.15) is 52.3 Å². The lowest BCUT2D eigenvalue weighted by Crippen LogP contribution is -2.46. The van der Waals surface area contributed by atoms with Gasteiger partial charge in [0.05, 0.1) is 6.61 Å². The molecule has 0 aromatic carbocycles. The molecule has 1 aromatic rings. The molecule has 0 unspecified atom stereocenters. The van der Waals surface area contributed by atoms with Gasteiger partial charge < -0.3 is 9.47 Å². The molecule has 2 rings (SSSR count). The number of tetrazole rings is 1. The van der Waals surface area contributed by atoms with Crippen LogP contribution in [-0.4, -0.2) is 56.5 Å². The fourth-order valence-electron chi connectivity index (χ4n) is 2.68. The first-order valence-corrected chi connectivity index (χ1v) is 7.72. The van der Waals surface area contributed by atoms with E-state index >= 15 is 0 Å². The third kappa shape index (κ3) is 4.16. The quantitative estimate of drug-likeness (QED) is 0.784. The van der Waals surface area contributed by atoms with Gasteiger partial charge in [0.2, 0.25) is 0 Å². The van der Waals surface area contributed by atoms with Crippen molar-refractivity contribution < 1.29 is 14.3 Å². The summed E-state index contributed by atoms with van der Waals surface area (Å²) in [6.07, 6.45) is 1.29. The van der Waals surface area contributed by atoms with Crippen molar-refractivity contribution in [2.75, 3.05) is 19.7 Å². The van der Waals surface area contributed by atoms with E-state index in [0.717, 1.165) is 31.8 Å². The van der Waals surface area contributed by atoms with Gasteiger partial charge in [0.15, 0.2) is 12.6 Å². The second-order valence-corrected chi connectivity index (χ2v) is 6.43. The van der Waals surface area contributed by atoms with Crippen molar-refractivity contribution in [2.24, 2.45) is 0 Å². The Morgan fingerprint density at radius 2 is 1.95 bits per heavy atom. The molecule has 1 saturated heterocycles. The van der Waals surface area contributed by atoms with E-state index in [1.165, 1.54) is 4.68 Å². The molecule has 0 N–H and O–H groups in total. The van der Waals surface area contributed by atoms with Gasteiger partial charge in [0.25, 0.3) is 0 Å². The van der Waals surface area contributed by atoms with Crippen LogP contribution in [0, 0.1) is 0 Å². The van der Waals surface area contributed by atoms with E-state index in [-0.39, 0.29) is 18.9 Å². The molecule has 124 valence electrons. The maximum Gasteiger partial charge on any atom is 0.510 e. The molecular formula is C14H25N5O3. The van der Waals surface area contributed by atoms with Crippen LogP contribution in [0.25, 0.3) is 0 Å². The standard InChI is InChI=1S/C14H25N5O3/c1-5-21-13(20)22-10-19-12(15-16-17-19)11-6-8-18(9-7-11)14(2,3)4/h11H,5-10H2,1-4H3. The molecule has 0 bridgehead atoms. The average molecular weight is 311 g/mol. The summed E-state index contributed by atoms with van der Waals surface area (Å²) in [4.78, 5) is 13.7. The lowest BCUT2D eigenvalue weighted by atomic mass is 9.92. The Kier molecular flexibility index (Phi) is 5.33. The summed E-state index contributed by atoms with van der Waals surface area (Å²) in [5.41, 5.74) is 0.184. The van der Waals surface area contributed by atoms with Gasteiger partial charge in [0, 0.05) is 11.5 Å². The van der Waals surface area contributed by atoms with Crippen LogP contribution in [-0.2, 0) is 16.2 Å². The molecule has 1 aromatic heterocycles. The highest BCUT2D eigenvalue weighted by molar-refractivity contribution is 5.59. The van der Waals surface area contributed by atoms with Crippen LogP contribution in [0.4, 0.5) is 4.79 Å². The molecule has 22 heavy (non-hydrogen) atoms. The van der Waals surface area contributed by atoms with Crippen molar-refractivity contribution in [3.05, 3.63) is 5.82 Å². The number of piperidine rings is 1. The summed E-state index contributed by atoms with van der Waals surface area (Å²) in [7, 11) is 0. The summed E-state index contributed by atoms with van der Waals surface area (Å²) >= 11 is 0. The summed E-state index contributed by atoms with van der Waals surface area (Å²) in [5.74, 6) is 1.07. The molecule has 1 aliphatic heterocycles. The second-order valence-electron chi connectivity index (χ2n) is 6.43. The molecule has 0 atom stereocenters. The molecule has 1 aliphatic rings. The largest absolute Gasteiger partial charge is 0.510 e. The molecule has 8 heteroatoms. The van der Waals surface area contributed by atoms with Crippen molar-refractivity contribution >= 4 is 6.16 Å². The fourth-order valence-corrected chi connectivity index (χ4v) is 2.68. The van der Waals surface area contributed by atoms with Crippen molar-refractivity contribution in [2.45, 2.75) is 58.7 Å². The SMILES string of the molecule is CCOC(=O)OCn1nnnc1C1CCN(C(C)(C)C)CC1. The van der Waals surface area contributed by atoms with E-state index in [2.05, 4.69) is 41.2 Å². The Labute approximate surface area is 130 Å². The van der Waals surface area contributed by atoms with Gasteiger partial charge in [-0.2, -0.15) is 4.68 Å². The van der Waals surface area contributed by atoms with Crippen LogP contribution in [0.15, 0.2) is 0 Å². The zero-order valence-electron chi connectivity index (χ0n) is 13.8. The third-order valence-corrected chi connectivity index (χ3v) is 3.94. The van der Waals surface area contributed by atoms with Crippen LogP contribution in [0.2, 0.25) is 0 Å². The fraction of sp³-hybridized carbons (Fsp3) is 0.857. The first-order chi connectivity index (χ1) is 10.4. The van der Waals surface area contributed by atoms with Gasteiger partial charge in [-0.15, -0.1) is 5.10 Å². The number of carbonyl (C=O) groups is 1. The lowest BCUT2D eigenvalue weighted by Gasteiger charge is -2.40. The van der Waals surface area contributed by atoms with E-state index in [4.69, 9.17) is 9.47 Å². The number of rotatable bonds is 4. The van der Waals surface area contributed by atoms with Crippen LogP contribution < -0.4 is 0 Å². The molecule has 1 fully saturated rings. The minimum atomic E-state index is -0.702. The number of hydrogen-bond donors (Lipinski definition) is 0. The molecular weight excluding hydrogens is 286 g/mol. The van der Waals surface area contributed by atoms with Gasteiger partial charge in [-0.1, -0.05) is 0 Å². The predicted molar refractivity (Wildman–Crippen MR) is 79.2 cm³/mol. The highest BCUT2D eigenvalue weighted by atomic mass is 16.7. The topological polar surface area (TPSA) is 82.4 Å². The number of hydrogen-bond acceptors (Lipinski definition) is 7. The average Bonchev–Trinajstić information content (AvgIpc) is 2.93. The predicted octanol–water partition coefficient (Wildman–Crippen LogP) is 1.78. The number of ether oxygens (including phenoxy) is 2. The normalized spacial score (nSPS) is 17.5. The van der Waals surface area contributed by atoms with Crippen molar-refractivity contribution in [1.82, 2.24) is 25.1 Å². The molecule has 0 amide bonds. The van der Waals surface area contributed by atoms with Gasteiger partial charge in [-0.3, -0.25) is 4.90 Å². The molecule has 0 spiro atoms. The minimum absolute atomic E-state index is 0.0132. The number of nitrogens with zero attached hydrogens (tertiary/aromatic N) is 5. The van der Waals surface area contributed by atoms with Gasteiger partial charge in [-0.25, -0.2) is 4.79 Å². The van der Waals surface area contributed by atoms with Crippen molar-refractivity contribution in [3.8, 4) is 0 Å². The molecule has 8 nitrogen and oxygen atoms in total. The first-order valence-electron chi connectivity index (χ1n) is 7.72. The minimum Gasteiger partial charge on any atom is -0.435 e. The smallest absolute Gasteiger partial charge is 0.435 e. The van der Waals surface area contributed by atoms with Crippen LogP contribution >= 0.6 is 0 Å². The third-order valence-electron chi connectivity index (χ3n) is 3.94. The first kappa shape index (κ1) is 16.7. The van der Waals surface area contributed by atoms with Crippen molar-refractivity contribution in [3.63, 3.8) is 0 Å². The Bertz CT molecular complexity index is 489. The Morgan fingerprint density at radius 3 is 2.55 bits per heavy atom. The van der Waals surface area contributed by atoms with Crippen LogP contribution in [0.5, 0.6) is 0 Å². The van der Waals surface area contributed by atoms with Gasteiger partial charge in [-0.05, 0) is 64.1 Å². The van der Waals surface area contributed by atoms with E-state index in [1.807, 2.05) is 0 Å². The summed E-state index contributed by atoms with van der Waals surface area (Å²) < 4.78 is 11.2. The second kappa shape index (κ2) is 7.04. The Morgan fingerprint density at radius 1 is 1.27 bits per heavy atom. The highest BCUT2D eigenvalue weighted by Gasteiger charge is 2.30. The highest BCUT2D eigenvalue weighted by Crippen LogP contribution is 2.29. The van der Waals surface area contributed by atoms with E-state index in [9.17, 15) is 4.79 Å². The van der Waals surface area contributed by atoms with E-state index < -0.39 is 6.16 Å². The monoisotopic (exact) mass is 311 g/mol. The maximum absolute atomic E-state index is 11.2. The van der Waals surface area contributed by atoms with Crippen molar-refractivity contribution in [1.29, 1.82) is 0 Å². The molecule has 0 radical (unpaired) electrons. The van der Waals surface area contributed by atoms with Gasteiger partial charge in [0.1, 0.15) is 0 Å². The number of carbonyl (C=O) groups excluding carboxylic acids is 1. The summed E-state index contributed by atoms with van der Waals surface area (Å²) in [6, 6.07) is 0. The van der Waals surface area contributed by atoms with E-state index in [0.29, 0.717) is 5.92 Å².